The summed E-state index contributed by atoms with van der Waals surface area (Å²) in [6.07, 6.45) is 0. The molecule has 0 aliphatic heterocycles. The summed E-state index contributed by atoms with van der Waals surface area (Å²) in [7, 11) is 1.55. The molecule has 3 rings (SSSR count). The molecule has 0 spiro atoms. The Balaban J connectivity index is 2.07. The van der Waals surface area contributed by atoms with Gasteiger partial charge in [0.05, 0.1) is 18.2 Å². The number of fused-ring (bicyclic) bond motifs is 1. The predicted molar refractivity (Wildman–Crippen MR) is 86.3 cm³/mol. The van der Waals surface area contributed by atoms with Crippen LogP contribution in [0.4, 0.5) is 5.69 Å². The lowest BCUT2D eigenvalue weighted by atomic mass is 10.2. The summed E-state index contributed by atoms with van der Waals surface area (Å²) < 4.78 is 10.7. The Morgan fingerprint density at radius 3 is 2.82 bits per heavy atom. The molecule has 0 fully saturated rings. The lowest BCUT2D eigenvalue weighted by Crippen LogP contribution is -2.11. The van der Waals surface area contributed by atoms with Crippen LogP contribution in [0, 0.1) is 0 Å². The molecule has 1 aromatic heterocycles. The molecule has 2 aromatic carbocycles. The summed E-state index contributed by atoms with van der Waals surface area (Å²) in [4.78, 5) is 4.21. The normalized spacial score (nSPS) is 11.8. The maximum absolute atomic E-state index is 10.3. The van der Waals surface area contributed by atoms with Crippen LogP contribution in [0.15, 0.2) is 51.9 Å². The maximum Gasteiger partial charge on any atom is 0.211 e. The van der Waals surface area contributed by atoms with Crippen molar-refractivity contribution in [3.05, 3.63) is 53.2 Å². The van der Waals surface area contributed by atoms with Crippen LogP contribution < -0.4 is 10.5 Å². The van der Waals surface area contributed by atoms with Gasteiger partial charge in [0.1, 0.15) is 11.3 Å². The molecule has 3 aromatic rings. The van der Waals surface area contributed by atoms with Gasteiger partial charge in [-0.2, -0.15) is 0 Å². The molecule has 22 heavy (non-hydrogen) atoms. The van der Waals surface area contributed by atoms with E-state index in [9.17, 15) is 5.11 Å². The summed E-state index contributed by atoms with van der Waals surface area (Å²) in [5.74, 6) is 0.718. The average Bonchev–Trinajstić information content (AvgIpc) is 2.84. The first-order chi connectivity index (χ1) is 10.6. The van der Waals surface area contributed by atoms with E-state index in [1.165, 1.54) is 0 Å². The average molecular weight is 317 g/mol. The van der Waals surface area contributed by atoms with Gasteiger partial charge in [-0.05, 0) is 36.4 Å². The number of nitrogens with zero attached hydrogens (tertiary/aromatic N) is 1. The lowest BCUT2D eigenvalue weighted by Gasteiger charge is -1.99. The van der Waals surface area contributed by atoms with Crippen molar-refractivity contribution in [2.45, 2.75) is 0 Å². The molecule has 0 atom stereocenters. The number of nitrogens with two attached hydrogens (primary N) is 1. The van der Waals surface area contributed by atoms with E-state index in [1.807, 2.05) is 0 Å². The summed E-state index contributed by atoms with van der Waals surface area (Å²) in [5.41, 5.74) is 7.00. The van der Waals surface area contributed by atoms with E-state index in [1.54, 1.807) is 49.6 Å². The Morgan fingerprint density at radius 2 is 2.09 bits per heavy atom. The first-order valence-electron chi connectivity index (χ1n) is 6.48. The fourth-order valence-electron chi connectivity index (χ4n) is 2.10. The van der Waals surface area contributed by atoms with Crippen LogP contribution in [-0.2, 0) is 0 Å². The number of hydrogen-bond donors (Lipinski definition) is 2. The van der Waals surface area contributed by atoms with Gasteiger partial charge in [-0.25, -0.2) is 4.99 Å². The SMILES string of the molecule is COc1ccc2oc(C(N)=Nc3cccc(Cl)c3)c(O)c2c1. The number of furan rings is 1. The molecule has 0 bridgehead atoms. The molecule has 0 aliphatic rings. The van der Waals surface area contributed by atoms with Crippen molar-refractivity contribution >= 4 is 34.1 Å². The van der Waals surface area contributed by atoms with Crippen LogP contribution in [0.5, 0.6) is 11.5 Å². The number of ether oxygens (including phenoxy) is 1. The van der Waals surface area contributed by atoms with E-state index in [0.717, 1.165) is 0 Å². The van der Waals surface area contributed by atoms with Gasteiger partial charge in [-0.15, -0.1) is 0 Å². The van der Waals surface area contributed by atoms with Crippen molar-refractivity contribution in [2.75, 3.05) is 7.11 Å². The molecule has 3 N–H and O–H groups in total. The van der Waals surface area contributed by atoms with Gasteiger partial charge in [0.25, 0.3) is 0 Å². The second-order valence-corrected chi connectivity index (χ2v) is 5.06. The summed E-state index contributed by atoms with van der Waals surface area (Å²) >= 11 is 5.91. The zero-order chi connectivity index (χ0) is 15.7. The third-order valence-corrected chi connectivity index (χ3v) is 3.39. The molecule has 112 valence electrons. The molecular weight excluding hydrogens is 304 g/mol. The van der Waals surface area contributed by atoms with Crippen molar-refractivity contribution in [1.82, 2.24) is 0 Å². The Morgan fingerprint density at radius 1 is 1.27 bits per heavy atom. The molecular formula is C16H13ClN2O3. The van der Waals surface area contributed by atoms with E-state index in [-0.39, 0.29) is 17.3 Å². The molecule has 0 amide bonds. The quantitative estimate of drug-likeness (QED) is 0.568. The van der Waals surface area contributed by atoms with Gasteiger partial charge in [-0.1, -0.05) is 17.7 Å². The van der Waals surface area contributed by atoms with Gasteiger partial charge < -0.3 is 20.0 Å². The van der Waals surface area contributed by atoms with Crippen molar-refractivity contribution in [3.63, 3.8) is 0 Å². The Labute approximate surface area is 131 Å². The van der Waals surface area contributed by atoms with Crippen molar-refractivity contribution in [2.24, 2.45) is 10.7 Å². The largest absolute Gasteiger partial charge is 0.504 e. The standard InChI is InChI=1S/C16H13ClN2O3/c1-21-11-5-6-13-12(8-11)14(20)15(22-13)16(18)19-10-4-2-3-9(17)7-10/h2-8,20H,1H3,(H2,18,19). The fraction of sp³-hybridized carbons (Fsp3) is 0.0625. The monoisotopic (exact) mass is 316 g/mol. The number of amidine groups is 1. The van der Waals surface area contributed by atoms with Crippen LogP contribution in [0.3, 0.4) is 0 Å². The number of rotatable bonds is 3. The first-order valence-corrected chi connectivity index (χ1v) is 6.86. The zero-order valence-corrected chi connectivity index (χ0v) is 12.5. The molecule has 0 saturated carbocycles. The number of aromatic hydroxyl groups is 1. The number of benzene rings is 2. The van der Waals surface area contributed by atoms with Crippen molar-refractivity contribution < 1.29 is 14.3 Å². The molecule has 1 heterocycles. The molecule has 6 heteroatoms. The van der Waals surface area contributed by atoms with E-state index >= 15 is 0 Å². The maximum atomic E-state index is 10.3. The number of aliphatic imine (C=N–C) groups is 1. The highest BCUT2D eigenvalue weighted by Crippen LogP contribution is 2.34. The fourth-order valence-corrected chi connectivity index (χ4v) is 2.28. The molecule has 0 radical (unpaired) electrons. The smallest absolute Gasteiger partial charge is 0.211 e. The third kappa shape index (κ3) is 2.58. The topological polar surface area (TPSA) is 81.0 Å². The highest BCUT2D eigenvalue weighted by atomic mass is 35.5. The second-order valence-electron chi connectivity index (χ2n) is 4.62. The van der Waals surface area contributed by atoms with E-state index in [4.69, 9.17) is 26.5 Å². The van der Waals surface area contributed by atoms with E-state index in [2.05, 4.69) is 4.99 Å². The van der Waals surface area contributed by atoms with E-state index < -0.39 is 0 Å². The lowest BCUT2D eigenvalue weighted by molar-refractivity contribution is 0.415. The molecule has 0 unspecified atom stereocenters. The zero-order valence-electron chi connectivity index (χ0n) is 11.7. The van der Waals surface area contributed by atoms with Gasteiger partial charge in [0, 0.05) is 5.02 Å². The number of methoxy groups -OCH3 is 1. The highest BCUT2D eigenvalue weighted by Gasteiger charge is 2.17. The number of halogens is 1. The van der Waals surface area contributed by atoms with Crippen LogP contribution in [-0.4, -0.2) is 18.1 Å². The molecule has 5 nitrogen and oxygen atoms in total. The second kappa shape index (κ2) is 5.61. The van der Waals surface area contributed by atoms with Crippen LogP contribution in [0.2, 0.25) is 5.02 Å². The highest BCUT2D eigenvalue weighted by molar-refractivity contribution is 6.30. The van der Waals surface area contributed by atoms with Crippen LogP contribution in [0.25, 0.3) is 11.0 Å². The number of hydrogen-bond acceptors (Lipinski definition) is 4. The van der Waals surface area contributed by atoms with Gasteiger partial charge in [-0.3, -0.25) is 0 Å². The Kier molecular flexibility index (Phi) is 3.65. The van der Waals surface area contributed by atoms with Gasteiger partial charge in [0.15, 0.2) is 11.6 Å². The minimum atomic E-state index is -0.0721. The predicted octanol–water partition coefficient (Wildman–Crippen LogP) is 3.84. The van der Waals surface area contributed by atoms with Crippen LogP contribution >= 0.6 is 11.6 Å². The molecule has 0 saturated heterocycles. The van der Waals surface area contributed by atoms with Gasteiger partial charge in [0.2, 0.25) is 5.76 Å². The first kappa shape index (κ1) is 14.3. The summed E-state index contributed by atoms with van der Waals surface area (Å²) in [5, 5.41) is 11.3. The van der Waals surface area contributed by atoms with Crippen LogP contribution in [0.1, 0.15) is 5.76 Å². The summed E-state index contributed by atoms with van der Waals surface area (Å²) in [6.45, 7) is 0. The Bertz CT molecular complexity index is 871. The molecule has 0 aliphatic carbocycles. The van der Waals surface area contributed by atoms with Crippen molar-refractivity contribution in [1.29, 1.82) is 0 Å². The third-order valence-electron chi connectivity index (χ3n) is 3.16. The minimum Gasteiger partial charge on any atom is -0.504 e. The Hall–Kier alpha value is -2.66. The van der Waals surface area contributed by atoms with Crippen molar-refractivity contribution in [3.8, 4) is 11.5 Å². The summed E-state index contributed by atoms with van der Waals surface area (Å²) in [6, 6.07) is 12.0. The van der Waals surface area contributed by atoms with E-state index in [0.29, 0.717) is 27.4 Å². The minimum absolute atomic E-state index is 0.0648. The van der Waals surface area contributed by atoms with Gasteiger partial charge >= 0.3 is 0 Å².